The Labute approximate surface area is 172 Å². The molecule has 2 fully saturated rings. The molecule has 1 aliphatic carbocycles. The van der Waals surface area contributed by atoms with Crippen molar-refractivity contribution in [3.63, 3.8) is 0 Å². The van der Waals surface area contributed by atoms with Crippen molar-refractivity contribution in [3.8, 4) is 5.75 Å². The fourth-order valence-corrected chi connectivity index (χ4v) is 5.05. The van der Waals surface area contributed by atoms with Gasteiger partial charge >= 0.3 is 6.09 Å². The number of benzene rings is 1. The normalized spacial score (nSPS) is 23.8. The number of imidazole rings is 1. The number of nitrogens with zero attached hydrogens (tertiary/aromatic N) is 3. The molecule has 0 spiro atoms. The van der Waals surface area contributed by atoms with Crippen LogP contribution in [-0.2, 0) is 0 Å². The van der Waals surface area contributed by atoms with E-state index in [1.165, 1.54) is 38.5 Å². The molecule has 1 aromatic heterocycles. The highest BCUT2D eigenvalue weighted by Gasteiger charge is 2.27. The first-order chi connectivity index (χ1) is 14.1. The number of nitrogens with one attached hydrogen (secondary N) is 1. The number of para-hydroxylation sites is 1. The molecule has 2 aliphatic rings. The summed E-state index contributed by atoms with van der Waals surface area (Å²) in [6.45, 7) is 6.48. The molecule has 7 heteroatoms. The van der Waals surface area contributed by atoms with Crippen LogP contribution in [0, 0.1) is 5.92 Å². The highest BCUT2D eigenvalue weighted by molar-refractivity contribution is 5.86. The molecule has 0 atom stereocenters. The molecule has 0 bridgehead atoms. The Kier molecular flexibility index (Phi) is 6.23. The van der Waals surface area contributed by atoms with Gasteiger partial charge in [-0.3, -0.25) is 4.90 Å². The molecule has 158 valence electrons. The van der Waals surface area contributed by atoms with Crippen molar-refractivity contribution in [1.82, 2.24) is 14.9 Å². The molecule has 1 amide bonds. The van der Waals surface area contributed by atoms with Crippen molar-refractivity contribution < 1.29 is 9.53 Å². The Morgan fingerprint density at radius 3 is 2.79 bits per heavy atom. The summed E-state index contributed by atoms with van der Waals surface area (Å²) in [5, 5.41) is 0. The van der Waals surface area contributed by atoms with E-state index < -0.39 is 6.09 Å². The van der Waals surface area contributed by atoms with Crippen LogP contribution in [0.4, 0.5) is 10.7 Å². The fourth-order valence-electron chi connectivity index (χ4n) is 5.05. The maximum absolute atomic E-state index is 11.2. The number of carbonyl (C=O) groups is 1. The van der Waals surface area contributed by atoms with Gasteiger partial charge in [-0.25, -0.2) is 9.78 Å². The van der Waals surface area contributed by atoms with Crippen molar-refractivity contribution in [1.29, 1.82) is 0 Å². The van der Waals surface area contributed by atoms with E-state index in [1.54, 1.807) is 6.07 Å². The molecule has 0 unspecified atom stereocenters. The Balaban J connectivity index is 1.40. The number of aromatic nitrogens is 2. The van der Waals surface area contributed by atoms with Gasteiger partial charge in [0, 0.05) is 32.2 Å². The summed E-state index contributed by atoms with van der Waals surface area (Å²) in [6.07, 6.45) is 8.52. The summed E-state index contributed by atoms with van der Waals surface area (Å²) in [7, 11) is 0. The number of fused-ring (bicyclic) bond motifs is 1. The van der Waals surface area contributed by atoms with Gasteiger partial charge in [0.25, 0.3) is 0 Å². The van der Waals surface area contributed by atoms with Crippen LogP contribution < -0.4 is 15.4 Å². The number of carbonyl (C=O) groups excluding carboxylic acids is 1. The predicted octanol–water partition coefficient (Wildman–Crippen LogP) is 3.89. The quantitative estimate of drug-likeness (QED) is 0.796. The van der Waals surface area contributed by atoms with Crippen molar-refractivity contribution in [2.24, 2.45) is 11.7 Å². The number of ether oxygens (including phenoxy) is 1. The summed E-state index contributed by atoms with van der Waals surface area (Å²) in [5.74, 6) is 2.19. The molecular weight excluding hydrogens is 366 g/mol. The molecule has 0 radical (unpaired) electrons. The van der Waals surface area contributed by atoms with Gasteiger partial charge in [-0.05, 0) is 50.2 Å². The number of nitrogens with two attached hydrogens (primary N) is 1. The zero-order chi connectivity index (χ0) is 20.2. The summed E-state index contributed by atoms with van der Waals surface area (Å²) >= 11 is 0. The van der Waals surface area contributed by atoms with Crippen LogP contribution in [0.1, 0.15) is 51.9 Å². The van der Waals surface area contributed by atoms with E-state index in [0.717, 1.165) is 56.0 Å². The van der Waals surface area contributed by atoms with Crippen LogP contribution >= 0.6 is 0 Å². The third-order valence-electron chi connectivity index (χ3n) is 6.53. The number of primary amides is 1. The minimum Gasteiger partial charge on any atom is -0.408 e. The summed E-state index contributed by atoms with van der Waals surface area (Å²) in [5.41, 5.74) is 6.69. The van der Waals surface area contributed by atoms with Crippen molar-refractivity contribution in [2.75, 3.05) is 31.1 Å². The number of amides is 1. The largest absolute Gasteiger partial charge is 0.410 e. The van der Waals surface area contributed by atoms with Gasteiger partial charge in [-0.15, -0.1) is 0 Å². The maximum Gasteiger partial charge on any atom is 0.410 e. The van der Waals surface area contributed by atoms with E-state index in [2.05, 4.69) is 21.7 Å². The lowest BCUT2D eigenvalue weighted by Gasteiger charge is -2.36. The Hall–Kier alpha value is -2.28. The van der Waals surface area contributed by atoms with E-state index in [4.69, 9.17) is 15.5 Å². The second-order valence-corrected chi connectivity index (χ2v) is 8.47. The van der Waals surface area contributed by atoms with Crippen LogP contribution in [0.25, 0.3) is 11.0 Å². The van der Waals surface area contributed by atoms with Gasteiger partial charge < -0.3 is 20.4 Å². The number of aromatic amines is 1. The standard InChI is InChI=1S/C22H33N5O2/c1-2-5-16-8-10-17(11-9-16)26-12-4-13-27(15-14-26)22-24-18-6-3-7-19(20(18)25-22)29-21(23)28/h3,6-7,16-17H,2,4-5,8-15H2,1H3,(H2,23,28)(H,24,25). The molecule has 2 heterocycles. The van der Waals surface area contributed by atoms with E-state index in [1.807, 2.05) is 12.1 Å². The lowest BCUT2D eigenvalue weighted by molar-refractivity contribution is 0.141. The highest BCUT2D eigenvalue weighted by atomic mass is 16.5. The van der Waals surface area contributed by atoms with Crippen LogP contribution in [0.5, 0.6) is 5.75 Å². The number of H-pyrrole nitrogens is 1. The lowest BCUT2D eigenvalue weighted by Crippen LogP contribution is -2.40. The Bertz CT molecular complexity index is 828. The van der Waals surface area contributed by atoms with Gasteiger partial charge in [0.1, 0.15) is 5.52 Å². The summed E-state index contributed by atoms with van der Waals surface area (Å²) in [6, 6.07) is 6.24. The van der Waals surface area contributed by atoms with Gasteiger partial charge in [0.2, 0.25) is 5.95 Å². The van der Waals surface area contributed by atoms with Crippen molar-refractivity contribution in [3.05, 3.63) is 18.2 Å². The van der Waals surface area contributed by atoms with Crippen molar-refractivity contribution in [2.45, 2.75) is 57.9 Å². The summed E-state index contributed by atoms with van der Waals surface area (Å²) < 4.78 is 5.10. The van der Waals surface area contributed by atoms with Crippen LogP contribution in [0.2, 0.25) is 0 Å². The smallest absolute Gasteiger partial charge is 0.408 e. The van der Waals surface area contributed by atoms with Gasteiger partial charge in [-0.2, -0.15) is 0 Å². The first-order valence-electron chi connectivity index (χ1n) is 11.1. The second kappa shape index (κ2) is 9.03. The second-order valence-electron chi connectivity index (χ2n) is 8.47. The zero-order valence-corrected chi connectivity index (χ0v) is 17.4. The molecule has 4 rings (SSSR count). The lowest BCUT2D eigenvalue weighted by atomic mass is 9.83. The van der Waals surface area contributed by atoms with Crippen molar-refractivity contribution >= 4 is 23.1 Å². The van der Waals surface area contributed by atoms with Crippen LogP contribution in [0.3, 0.4) is 0 Å². The molecule has 3 N–H and O–H groups in total. The molecule has 29 heavy (non-hydrogen) atoms. The number of hydrogen-bond acceptors (Lipinski definition) is 5. The zero-order valence-electron chi connectivity index (χ0n) is 17.4. The van der Waals surface area contributed by atoms with E-state index in [9.17, 15) is 4.79 Å². The Morgan fingerprint density at radius 1 is 1.21 bits per heavy atom. The molecular formula is C22H33N5O2. The predicted molar refractivity (Wildman–Crippen MR) is 115 cm³/mol. The van der Waals surface area contributed by atoms with Gasteiger partial charge in [-0.1, -0.05) is 25.8 Å². The first-order valence-corrected chi connectivity index (χ1v) is 11.1. The Morgan fingerprint density at radius 2 is 2.03 bits per heavy atom. The van der Waals surface area contributed by atoms with E-state index >= 15 is 0 Å². The number of anilines is 1. The minimum absolute atomic E-state index is 0.401. The molecule has 1 aromatic carbocycles. The van der Waals surface area contributed by atoms with Gasteiger partial charge in [0.05, 0.1) is 5.52 Å². The number of rotatable bonds is 5. The van der Waals surface area contributed by atoms with E-state index in [0.29, 0.717) is 11.3 Å². The van der Waals surface area contributed by atoms with E-state index in [-0.39, 0.29) is 0 Å². The third-order valence-corrected chi connectivity index (χ3v) is 6.53. The minimum atomic E-state index is -0.818. The topological polar surface area (TPSA) is 87.5 Å². The first kappa shape index (κ1) is 20.0. The monoisotopic (exact) mass is 399 g/mol. The van der Waals surface area contributed by atoms with Gasteiger partial charge in [0.15, 0.2) is 5.75 Å². The molecule has 2 aromatic rings. The fraction of sp³-hybridized carbons (Fsp3) is 0.636. The number of hydrogen-bond donors (Lipinski definition) is 2. The summed E-state index contributed by atoms with van der Waals surface area (Å²) in [4.78, 5) is 24.3. The third kappa shape index (κ3) is 4.66. The molecule has 1 saturated heterocycles. The van der Waals surface area contributed by atoms with Crippen LogP contribution in [0.15, 0.2) is 18.2 Å². The average molecular weight is 400 g/mol. The average Bonchev–Trinajstić information content (AvgIpc) is 3.00. The molecule has 7 nitrogen and oxygen atoms in total. The van der Waals surface area contributed by atoms with Crippen LogP contribution in [-0.4, -0.2) is 53.2 Å². The molecule has 1 aliphatic heterocycles. The highest BCUT2D eigenvalue weighted by Crippen LogP contribution is 2.31. The molecule has 1 saturated carbocycles. The maximum atomic E-state index is 11.2. The SMILES string of the molecule is CCCC1CCC(N2CCCN(c3nc4c(OC(N)=O)cccc4[nH]3)CC2)CC1.